The van der Waals surface area contributed by atoms with Crippen molar-refractivity contribution in [1.82, 2.24) is 0 Å². The van der Waals surface area contributed by atoms with E-state index in [1.54, 1.807) is 19.1 Å². The third-order valence-electron chi connectivity index (χ3n) is 2.86. The fraction of sp³-hybridized carbons (Fsp3) is 0.0769. The Morgan fingerprint density at radius 3 is 2.45 bits per heavy atom. The average molecular weight is 450 g/mol. The molecule has 0 aliphatic heterocycles. The molecule has 0 fully saturated rings. The van der Waals surface area contributed by atoms with Crippen LogP contribution in [0.15, 0.2) is 50.2 Å². The first-order valence-electron chi connectivity index (χ1n) is 5.93. The van der Waals surface area contributed by atoms with Crippen LogP contribution in [0.25, 0.3) is 0 Å². The highest BCUT2D eigenvalue weighted by Crippen LogP contribution is 2.29. The molecule has 0 aliphatic carbocycles. The second-order valence-electron chi connectivity index (χ2n) is 4.44. The van der Waals surface area contributed by atoms with Crippen LogP contribution in [0.3, 0.4) is 0 Å². The Hall–Kier alpha value is -1.45. The van der Waals surface area contributed by atoms with E-state index < -0.39 is 14.9 Å². The van der Waals surface area contributed by atoms with Crippen molar-refractivity contribution in [3.63, 3.8) is 0 Å². The van der Waals surface area contributed by atoms with Gasteiger partial charge in [-0.05, 0) is 46.6 Å². The lowest BCUT2D eigenvalue weighted by molar-refractivity contribution is -0.384. The second-order valence-corrected chi connectivity index (χ2v) is 7.86. The molecule has 6 nitrogen and oxygen atoms in total. The van der Waals surface area contributed by atoms with Gasteiger partial charge in [0.2, 0.25) is 0 Å². The van der Waals surface area contributed by atoms with Gasteiger partial charge in [0.1, 0.15) is 4.90 Å². The zero-order valence-electron chi connectivity index (χ0n) is 11.2. The van der Waals surface area contributed by atoms with Crippen molar-refractivity contribution in [2.45, 2.75) is 11.8 Å². The van der Waals surface area contributed by atoms with Gasteiger partial charge in [-0.15, -0.1) is 0 Å². The summed E-state index contributed by atoms with van der Waals surface area (Å²) in [7, 11) is -3.88. The Morgan fingerprint density at radius 2 is 1.82 bits per heavy atom. The van der Waals surface area contributed by atoms with Crippen LogP contribution in [-0.4, -0.2) is 13.3 Å². The topological polar surface area (TPSA) is 89.3 Å². The maximum atomic E-state index is 12.5. The van der Waals surface area contributed by atoms with Crippen LogP contribution in [0.1, 0.15) is 5.56 Å². The lowest BCUT2D eigenvalue weighted by Crippen LogP contribution is -2.14. The molecule has 0 bridgehead atoms. The second kappa shape index (κ2) is 6.35. The summed E-state index contributed by atoms with van der Waals surface area (Å²) < 4.78 is 28.3. The number of hydrogen-bond donors (Lipinski definition) is 1. The number of nitro groups is 1. The fourth-order valence-corrected chi connectivity index (χ4v) is 4.34. The minimum absolute atomic E-state index is 0.0350. The molecule has 0 spiro atoms. The van der Waals surface area contributed by atoms with Crippen molar-refractivity contribution in [1.29, 1.82) is 0 Å². The number of rotatable bonds is 4. The first kappa shape index (κ1) is 16.9. The van der Waals surface area contributed by atoms with Crippen molar-refractivity contribution in [2.24, 2.45) is 0 Å². The summed E-state index contributed by atoms with van der Waals surface area (Å²) in [5, 5.41) is 10.8. The molecule has 1 N–H and O–H groups in total. The Balaban J connectivity index is 2.47. The molecule has 9 heteroatoms. The highest BCUT2D eigenvalue weighted by Gasteiger charge is 2.20. The van der Waals surface area contributed by atoms with Gasteiger partial charge in [-0.3, -0.25) is 14.8 Å². The standard InChI is InChI=1S/C13H10Br2N2O4S/c1-8-2-4-10(17(18)19)7-12(8)16-22(20,21)13-6-9(14)3-5-11(13)15/h2-7,16H,1H3. The van der Waals surface area contributed by atoms with Crippen LogP contribution in [0.4, 0.5) is 11.4 Å². The maximum Gasteiger partial charge on any atom is 0.271 e. The third kappa shape index (κ3) is 3.65. The van der Waals surface area contributed by atoms with E-state index in [0.29, 0.717) is 14.5 Å². The predicted octanol–water partition coefficient (Wildman–Crippen LogP) is 4.23. The van der Waals surface area contributed by atoms with Crippen molar-refractivity contribution in [2.75, 3.05) is 4.72 Å². The van der Waals surface area contributed by atoms with E-state index in [0.717, 1.165) is 0 Å². The molecule has 0 radical (unpaired) electrons. The summed E-state index contributed by atoms with van der Waals surface area (Å²) in [6.07, 6.45) is 0. The third-order valence-corrected chi connectivity index (χ3v) is 5.71. The number of nitro benzene ring substituents is 1. The van der Waals surface area contributed by atoms with Crippen LogP contribution >= 0.6 is 31.9 Å². The van der Waals surface area contributed by atoms with Crippen molar-refractivity contribution >= 4 is 53.3 Å². The zero-order valence-corrected chi connectivity index (χ0v) is 15.2. The highest BCUT2D eigenvalue weighted by molar-refractivity contribution is 9.11. The molecule has 0 aromatic heterocycles. The normalized spacial score (nSPS) is 11.2. The quantitative estimate of drug-likeness (QED) is 0.558. The van der Waals surface area contributed by atoms with Crippen LogP contribution in [0, 0.1) is 17.0 Å². The summed E-state index contributed by atoms with van der Waals surface area (Å²) in [6.45, 7) is 1.66. The van der Waals surface area contributed by atoms with Crippen molar-refractivity contribution in [3.8, 4) is 0 Å². The van der Waals surface area contributed by atoms with Gasteiger partial charge in [-0.1, -0.05) is 22.0 Å². The number of benzene rings is 2. The average Bonchev–Trinajstić information content (AvgIpc) is 2.43. The largest absolute Gasteiger partial charge is 0.279 e. The van der Waals surface area contributed by atoms with E-state index in [1.807, 2.05) is 0 Å². The molecule has 0 saturated carbocycles. The maximum absolute atomic E-state index is 12.5. The molecule has 0 aliphatic rings. The Bertz CT molecular complexity index is 853. The lowest BCUT2D eigenvalue weighted by atomic mass is 10.2. The van der Waals surface area contributed by atoms with Gasteiger partial charge < -0.3 is 0 Å². The van der Waals surface area contributed by atoms with E-state index in [-0.39, 0.29) is 16.3 Å². The summed E-state index contributed by atoms with van der Waals surface area (Å²) >= 11 is 6.40. The molecule has 0 unspecified atom stereocenters. The Labute approximate surface area is 144 Å². The molecule has 22 heavy (non-hydrogen) atoms. The number of nitrogens with zero attached hydrogens (tertiary/aromatic N) is 1. The number of halogens is 2. The van der Waals surface area contributed by atoms with E-state index >= 15 is 0 Å². The molecule has 0 saturated heterocycles. The van der Waals surface area contributed by atoms with Crippen LogP contribution < -0.4 is 4.72 Å². The SMILES string of the molecule is Cc1ccc([N+](=O)[O-])cc1NS(=O)(=O)c1cc(Br)ccc1Br. The predicted molar refractivity (Wildman–Crippen MR) is 90.5 cm³/mol. The molecule has 0 atom stereocenters. The first-order chi connectivity index (χ1) is 10.2. The summed E-state index contributed by atoms with van der Waals surface area (Å²) in [5.41, 5.74) is 0.568. The summed E-state index contributed by atoms with van der Waals surface area (Å²) in [6, 6.07) is 8.74. The van der Waals surface area contributed by atoms with E-state index in [1.165, 1.54) is 24.3 Å². The molecule has 0 heterocycles. The van der Waals surface area contributed by atoms with Gasteiger partial charge in [-0.25, -0.2) is 8.42 Å². The first-order valence-corrected chi connectivity index (χ1v) is 9.00. The van der Waals surface area contributed by atoms with Gasteiger partial charge >= 0.3 is 0 Å². The summed E-state index contributed by atoms with van der Waals surface area (Å²) in [5.74, 6) is 0. The van der Waals surface area contributed by atoms with Gasteiger partial charge in [0.25, 0.3) is 15.7 Å². The zero-order chi connectivity index (χ0) is 16.5. The Morgan fingerprint density at radius 1 is 1.14 bits per heavy atom. The van der Waals surface area contributed by atoms with E-state index in [2.05, 4.69) is 36.6 Å². The van der Waals surface area contributed by atoms with Crippen LogP contribution in [0.5, 0.6) is 0 Å². The molecular formula is C13H10Br2N2O4S. The molecule has 116 valence electrons. The Kier molecular flexibility index (Phi) is 4.88. The number of aryl methyl sites for hydroxylation is 1. The van der Waals surface area contributed by atoms with Crippen molar-refractivity contribution < 1.29 is 13.3 Å². The fourth-order valence-electron chi connectivity index (χ4n) is 1.72. The molecular weight excluding hydrogens is 440 g/mol. The molecule has 2 aromatic carbocycles. The lowest BCUT2D eigenvalue weighted by Gasteiger charge is -2.12. The molecule has 2 aromatic rings. The van der Waals surface area contributed by atoms with Crippen LogP contribution in [-0.2, 0) is 10.0 Å². The minimum Gasteiger partial charge on any atom is -0.279 e. The molecule has 0 amide bonds. The number of non-ortho nitro benzene ring substituents is 1. The van der Waals surface area contributed by atoms with Gasteiger partial charge in [0.15, 0.2) is 0 Å². The van der Waals surface area contributed by atoms with Gasteiger partial charge in [0, 0.05) is 21.1 Å². The smallest absolute Gasteiger partial charge is 0.271 e. The summed E-state index contributed by atoms with van der Waals surface area (Å²) in [4.78, 5) is 10.3. The van der Waals surface area contributed by atoms with Crippen LogP contribution in [0.2, 0.25) is 0 Å². The highest BCUT2D eigenvalue weighted by atomic mass is 79.9. The number of sulfonamides is 1. The molecule has 2 rings (SSSR count). The van der Waals surface area contributed by atoms with Gasteiger partial charge in [-0.2, -0.15) is 0 Å². The number of anilines is 1. The minimum atomic E-state index is -3.88. The van der Waals surface area contributed by atoms with E-state index in [4.69, 9.17) is 0 Å². The number of nitrogens with one attached hydrogen (secondary N) is 1. The van der Waals surface area contributed by atoms with E-state index in [9.17, 15) is 18.5 Å². The monoisotopic (exact) mass is 448 g/mol. The van der Waals surface area contributed by atoms with Crippen molar-refractivity contribution in [3.05, 3.63) is 61.0 Å². The van der Waals surface area contributed by atoms with Gasteiger partial charge in [0.05, 0.1) is 10.6 Å². The number of hydrogen-bond acceptors (Lipinski definition) is 4.